The number of carbonyl (C=O) groups excluding carboxylic acids is 2. The number of benzene rings is 1. The van der Waals surface area contributed by atoms with Crippen molar-refractivity contribution in [3.05, 3.63) is 47.5 Å². The number of likely N-dealkylation sites (tertiary alicyclic amines) is 1. The second-order valence-electron chi connectivity index (χ2n) is 13.2. The molecule has 1 amide bonds. The largest absolute Gasteiger partial charge is 0.348 e. The fourth-order valence-corrected chi connectivity index (χ4v) is 8.50. The lowest BCUT2D eigenvalue weighted by Crippen LogP contribution is -2.74. The second-order valence-corrected chi connectivity index (χ2v) is 13.2. The van der Waals surface area contributed by atoms with E-state index in [2.05, 4.69) is 65.3 Å². The van der Waals surface area contributed by atoms with Crippen LogP contribution in [-0.2, 0) is 27.2 Å². The lowest BCUT2D eigenvalue weighted by atomic mass is 9.58. The number of nitriles is 1. The molecule has 1 aromatic rings. The van der Waals surface area contributed by atoms with E-state index in [9.17, 15) is 14.9 Å². The van der Waals surface area contributed by atoms with Crippen LogP contribution in [0.4, 0.5) is 0 Å². The first-order valence-electron chi connectivity index (χ1n) is 15.8. The normalized spacial score (nSPS) is 35.5. The average Bonchev–Trinajstić information content (AvgIpc) is 3.42. The summed E-state index contributed by atoms with van der Waals surface area (Å²) in [5.74, 6) is 0.286. The van der Waals surface area contributed by atoms with Crippen molar-refractivity contribution in [2.24, 2.45) is 11.3 Å². The molecule has 226 valence electrons. The van der Waals surface area contributed by atoms with Crippen LogP contribution >= 0.6 is 0 Å². The number of carbonyl (C=O) groups is 2. The first-order valence-corrected chi connectivity index (χ1v) is 15.8. The Morgan fingerprint density at radius 1 is 1.21 bits per heavy atom. The minimum Gasteiger partial charge on any atom is -0.348 e. The Morgan fingerprint density at radius 3 is 2.83 bits per heavy atom. The minimum atomic E-state index is -0.440. The number of ether oxygens (including phenoxy) is 1. The molecule has 0 bridgehead atoms. The van der Waals surface area contributed by atoms with Crippen molar-refractivity contribution in [3.8, 4) is 6.07 Å². The fourth-order valence-electron chi connectivity index (χ4n) is 8.50. The summed E-state index contributed by atoms with van der Waals surface area (Å²) in [6, 6.07) is 8.67. The van der Waals surface area contributed by atoms with E-state index in [0.717, 1.165) is 45.1 Å². The monoisotopic (exact) mass is 574 g/mol. The van der Waals surface area contributed by atoms with Gasteiger partial charge in [0.25, 0.3) is 0 Å². The predicted molar refractivity (Wildman–Crippen MR) is 160 cm³/mol. The van der Waals surface area contributed by atoms with Crippen LogP contribution in [0.1, 0.15) is 55.2 Å². The van der Waals surface area contributed by atoms with Crippen molar-refractivity contribution in [2.75, 3.05) is 39.8 Å². The Bertz CT molecular complexity index is 1250. The van der Waals surface area contributed by atoms with Gasteiger partial charge >= 0.3 is 0 Å². The molecule has 2 aliphatic carbocycles. The van der Waals surface area contributed by atoms with Gasteiger partial charge in [-0.15, -0.1) is 0 Å². The maximum absolute atomic E-state index is 14.6. The van der Waals surface area contributed by atoms with E-state index in [1.807, 2.05) is 0 Å². The number of fused-ring (bicyclic) bond motifs is 2. The quantitative estimate of drug-likeness (QED) is 0.500. The number of amides is 1. The topological polar surface area (TPSA) is 101 Å². The summed E-state index contributed by atoms with van der Waals surface area (Å²) >= 11 is 0. The van der Waals surface area contributed by atoms with Crippen molar-refractivity contribution in [3.63, 3.8) is 0 Å². The number of rotatable bonds is 6. The molecule has 4 fully saturated rings. The van der Waals surface area contributed by atoms with E-state index in [4.69, 9.17) is 4.74 Å². The molecule has 2 N–H and O–H groups in total. The Hall–Kier alpha value is -2.61. The molecule has 1 aromatic carbocycles. The first-order chi connectivity index (χ1) is 20.3. The van der Waals surface area contributed by atoms with E-state index in [1.165, 1.54) is 29.2 Å². The van der Waals surface area contributed by atoms with Crippen molar-refractivity contribution in [1.82, 2.24) is 25.3 Å². The van der Waals surface area contributed by atoms with Gasteiger partial charge in [-0.25, -0.2) is 0 Å². The van der Waals surface area contributed by atoms with Gasteiger partial charge in [-0.2, -0.15) is 5.26 Å². The van der Waals surface area contributed by atoms with Crippen molar-refractivity contribution < 1.29 is 14.3 Å². The Labute approximate surface area is 250 Å². The number of hydrogen-bond donors (Lipinski definition) is 2. The molecule has 1 saturated carbocycles. The van der Waals surface area contributed by atoms with Crippen LogP contribution in [0, 0.1) is 29.6 Å². The number of hydrogen-bond acceptors (Lipinski definition) is 8. The van der Waals surface area contributed by atoms with Crippen molar-refractivity contribution >= 4 is 11.7 Å². The van der Waals surface area contributed by atoms with Gasteiger partial charge in [-0.3, -0.25) is 25.1 Å². The zero-order valence-electron chi connectivity index (χ0n) is 25.2. The summed E-state index contributed by atoms with van der Waals surface area (Å²) < 4.78 is 6.48. The van der Waals surface area contributed by atoms with E-state index >= 15 is 0 Å². The molecule has 9 nitrogen and oxygen atoms in total. The highest BCUT2D eigenvalue weighted by Crippen LogP contribution is 2.48. The molecule has 42 heavy (non-hydrogen) atoms. The molecule has 3 aliphatic heterocycles. The average molecular weight is 575 g/mol. The minimum absolute atomic E-state index is 0.0795. The molecule has 9 heteroatoms. The van der Waals surface area contributed by atoms with Crippen LogP contribution < -0.4 is 10.6 Å². The van der Waals surface area contributed by atoms with Crippen LogP contribution in [0.2, 0.25) is 0 Å². The summed E-state index contributed by atoms with van der Waals surface area (Å²) in [7, 11) is 2.15. The van der Waals surface area contributed by atoms with Gasteiger partial charge in [-0.1, -0.05) is 24.8 Å². The maximum Gasteiger partial charge on any atom is 0.246 e. The number of aryl methyl sites for hydroxylation is 1. The van der Waals surface area contributed by atoms with Gasteiger partial charge in [0, 0.05) is 37.0 Å². The second kappa shape index (κ2) is 12.2. The maximum atomic E-state index is 14.6. The van der Waals surface area contributed by atoms with Crippen LogP contribution in [-0.4, -0.2) is 96.9 Å². The molecule has 6 rings (SSSR count). The lowest BCUT2D eigenvalue weighted by molar-refractivity contribution is -0.154. The first kappa shape index (κ1) is 29.5. The van der Waals surface area contributed by atoms with E-state index in [0.29, 0.717) is 38.1 Å². The summed E-state index contributed by atoms with van der Waals surface area (Å²) in [5, 5.41) is 16.9. The molecular formula is C33H46N6O3. The molecule has 3 heterocycles. The third-order valence-electron chi connectivity index (χ3n) is 11.0. The predicted octanol–water partition coefficient (Wildman–Crippen LogP) is 2.34. The summed E-state index contributed by atoms with van der Waals surface area (Å²) in [4.78, 5) is 33.6. The molecule has 1 spiro atoms. The standard InChI is InChI=1S/C33H46N6O3/c1-4-28(40)39-18-17-38(20-24(39)12-15-34)31-27-11-14-33(13-10-26-22(2)7-5-8-23(26)19-33)30(41)29(27)35-32(36-31)42-21-25-9-6-16-37(25)3/h4-5,7-8,24-25,27,29,31-32,35-36H,1,6,9-14,16-21H2,2-3H3/t24?,25?,27?,29?,31?,32?,33-/m1/s1. The highest BCUT2D eigenvalue weighted by atomic mass is 16.5. The molecule has 0 radical (unpaired) electrons. The van der Waals surface area contributed by atoms with Gasteiger partial charge in [0.1, 0.15) is 0 Å². The highest BCUT2D eigenvalue weighted by Gasteiger charge is 2.55. The lowest BCUT2D eigenvalue weighted by Gasteiger charge is -2.55. The number of Topliss-reactive ketones (excluding diaryl/α,β-unsaturated/α-hetero) is 1. The number of ketones is 1. The number of piperazine rings is 1. The highest BCUT2D eigenvalue weighted by molar-refractivity contribution is 5.91. The molecule has 6 unspecified atom stereocenters. The van der Waals surface area contributed by atoms with Crippen LogP contribution in [0.15, 0.2) is 30.9 Å². The van der Waals surface area contributed by atoms with Gasteiger partial charge < -0.3 is 14.5 Å². The Kier molecular flexibility index (Phi) is 8.54. The third kappa shape index (κ3) is 5.44. The van der Waals surface area contributed by atoms with Gasteiger partial charge in [-0.05, 0) is 88.2 Å². The SMILES string of the molecule is C=CC(=O)N1CCN(C2NC(OCC3CCCN3C)NC3C(=O)[C@]4(CCc5c(C)cccc5C4)CCC32)CC1CC#N. The molecule has 7 atom stereocenters. The molecule has 0 aromatic heterocycles. The molecule has 5 aliphatic rings. The van der Waals surface area contributed by atoms with Crippen LogP contribution in [0.5, 0.6) is 0 Å². The summed E-state index contributed by atoms with van der Waals surface area (Å²) in [6.45, 7) is 9.33. The van der Waals surface area contributed by atoms with Crippen molar-refractivity contribution in [2.45, 2.75) is 88.9 Å². The van der Waals surface area contributed by atoms with Crippen LogP contribution in [0.25, 0.3) is 0 Å². The molecule has 3 saturated heterocycles. The summed E-state index contributed by atoms with van der Waals surface area (Å²) in [5.41, 5.74) is 3.74. The smallest absolute Gasteiger partial charge is 0.246 e. The zero-order valence-corrected chi connectivity index (χ0v) is 25.2. The van der Waals surface area contributed by atoms with Crippen LogP contribution in [0.3, 0.4) is 0 Å². The number of nitrogens with zero attached hydrogens (tertiary/aromatic N) is 4. The fraction of sp³-hybridized carbons (Fsp3) is 0.667. The van der Waals surface area contributed by atoms with E-state index < -0.39 is 6.35 Å². The van der Waals surface area contributed by atoms with Gasteiger partial charge in [0.2, 0.25) is 5.91 Å². The van der Waals surface area contributed by atoms with Gasteiger partial charge in [0.05, 0.1) is 37.3 Å². The molecular weight excluding hydrogens is 528 g/mol. The zero-order chi connectivity index (χ0) is 29.4. The Morgan fingerprint density at radius 2 is 2.07 bits per heavy atom. The van der Waals surface area contributed by atoms with Gasteiger partial charge in [0.15, 0.2) is 12.1 Å². The summed E-state index contributed by atoms with van der Waals surface area (Å²) in [6.07, 6.45) is 7.88. The Balaban J connectivity index is 1.24. The van der Waals surface area contributed by atoms with E-state index in [1.54, 1.807) is 4.90 Å². The number of likely N-dealkylation sites (N-methyl/N-ethyl adjacent to an activating group) is 1. The number of nitrogens with one attached hydrogen (secondary N) is 2. The van der Waals surface area contributed by atoms with Crippen molar-refractivity contribution in [1.29, 1.82) is 5.26 Å². The third-order valence-corrected chi connectivity index (χ3v) is 11.0. The van der Waals surface area contributed by atoms with E-state index in [-0.39, 0.29) is 41.9 Å².